The van der Waals surface area contributed by atoms with E-state index in [0.717, 1.165) is 12.8 Å². The van der Waals surface area contributed by atoms with Crippen LogP contribution in [0.1, 0.15) is 97.3 Å². The van der Waals surface area contributed by atoms with Crippen molar-refractivity contribution in [2.45, 2.75) is 103 Å². The van der Waals surface area contributed by atoms with Crippen LogP contribution in [0.25, 0.3) is 0 Å². The molecule has 0 saturated carbocycles. The summed E-state index contributed by atoms with van der Waals surface area (Å²) in [5.41, 5.74) is 0. The number of hydrogen-bond donors (Lipinski definition) is 1. The van der Waals surface area contributed by atoms with Gasteiger partial charge < -0.3 is 13.9 Å². The van der Waals surface area contributed by atoms with Gasteiger partial charge in [0.2, 0.25) is 0 Å². The van der Waals surface area contributed by atoms with Gasteiger partial charge in [0.25, 0.3) is 0 Å². The van der Waals surface area contributed by atoms with E-state index in [1.165, 1.54) is 64.2 Å². The molecule has 2 unspecified atom stereocenters. The molecule has 0 radical (unpaired) electrons. The van der Waals surface area contributed by atoms with Gasteiger partial charge >= 0.3 is 7.60 Å². The Morgan fingerprint density at radius 1 is 0.889 bits per heavy atom. The largest absolute Gasteiger partial charge is 0.385 e. The molecule has 0 fully saturated rings. The molecule has 2 atom stereocenters. The van der Waals surface area contributed by atoms with E-state index in [-0.39, 0.29) is 5.78 Å². The van der Waals surface area contributed by atoms with Gasteiger partial charge in [0, 0.05) is 6.42 Å². The highest BCUT2D eigenvalue weighted by Gasteiger charge is 2.41. The molecule has 0 aromatic heterocycles. The van der Waals surface area contributed by atoms with E-state index in [9.17, 15) is 9.46 Å². The van der Waals surface area contributed by atoms with Crippen molar-refractivity contribution in [3.63, 3.8) is 0 Å². The summed E-state index contributed by atoms with van der Waals surface area (Å²) in [5.74, 6) is -0.347. The van der Waals surface area contributed by atoms with Gasteiger partial charge in [-0.05, 0) is 26.2 Å². The summed E-state index contributed by atoms with van der Waals surface area (Å²) in [4.78, 5) is 10.2. The van der Waals surface area contributed by atoms with Crippen molar-refractivity contribution < 1.29 is 18.5 Å². The summed E-state index contributed by atoms with van der Waals surface area (Å²) < 4.78 is 18.3. The van der Waals surface area contributed by atoms with E-state index in [1.807, 2.05) is 28.1 Å². The lowest BCUT2D eigenvalue weighted by atomic mass is 10.1. The lowest BCUT2D eigenvalue weighted by molar-refractivity contribution is -0.883. The summed E-state index contributed by atoms with van der Waals surface area (Å²) in [6, 6.07) is 0. The monoisotopic (exact) mass is 404 g/mol. The highest BCUT2D eigenvalue weighted by Crippen LogP contribution is 2.51. The van der Waals surface area contributed by atoms with E-state index < -0.39 is 7.60 Å². The van der Waals surface area contributed by atoms with E-state index in [2.05, 4.69) is 19.1 Å². The molecule has 0 aliphatic heterocycles. The molecule has 1 N–H and O–H groups in total. The SMILES string of the molecule is CC=CCCCCCCCCCCCCCOP(=O)(O)C(CC)[N+](C)(C)C. The Morgan fingerprint density at radius 3 is 1.74 bits per heavy atom. The van der Waals surface area contributed by atoms with Crippen LogP contribution < -0.4 is 0 Å². The second kappa shape index (κ2) is 15.7. The average Bonchev–Trinajstić information content (AvgIpc) is 2.57. The van der Waals surface area contributed by atoms with E-state index in [0.29, 0.717) is 17.5 Å². The van der Waals surface area contributed by atoms with Crippen LogP contribution in [0, 0.1) is 0 Å². The van der Waals surface area contributed by atoms with Gasteiger partial charge in [-0.2, -0.15) is 0 Å². The minimum Gasteiger partial charge on any atom is -0.320 e. The zero-order chi connectivity index (χ0) is 20.6. The number of rotatable bonds is 18. The maximum Gasteiger partial charge on any atom is 0.385 e. The van der Waals surface area contributed by atoms with Crippen LogP contribution in [0.4, 0.5) is 0 Å². The van der Waals surface area contributed by atoms with E-state index >= 15 is 0 Å². The quantitative estimate of drug-likeness (QED) is 0.117. The topological polar surface area (TPSA) is 46.5 Å². The van der Waals surface area contributed by atoms with Crippen LogP contribution in [0.3, 0.4) is 0 Å². The van der Waals surface area contributed by atoms with Crippen LogP contribution in [-0.4, -0.2) is 42.9 Å². The van der Waals surface area contributed by atoms with Gasteiger partial charge in [0.05, 0.1) is 27.7 Å². The maximum atomic E-state index is 12.4. The predicted molar refractivity (Wildman–Crippen MR) is 118 cm³/mol. The number of hydrogen-bond acceptors (Lipinski definition) is 2. The maximum absolute atomic E-state index is 12.4. The molecule has 5 heteroatoms. The molecule has 0 heterocycles. The van der Waals surface area contributed by atoms with Crippen LogP contribution in [-0.2, 0) is 9.09 Å². The predicted octanol–water partition coefficient (Wildman–Crippen LogP) is 6.89. The molecular formula is C22H47NO3P+. The lowest BCUT2D eigenvalue weighted by Gasteiger charge is -2.35. The fourth-order valence-corrected chi connectivity index (χ4v) is 5.52. The number of quaternary nitrogens is 1. The van der Waals surface area contributed by atoms with Crippen LogP contribution >= 0.6 is 7.60 Å². The van der Waals surface area contributed by atoms with Gasteiger partial charge in [-0.3, -0.25) is 4.57 Å². The Hall–Kier alpha value is -0.150. The van der Waals surface area contributed by atoms with E-state index in [1.54, 1.807) is 0 Å². The Balaban J connectivity index is 3.53. The van der Waals surface area contributed by atoms with Crippen molar-refractivity contribution >= 4 is 7.60 Å². The summed E-state index contributed by atoms with van der Waals surface area (Å²) in [6.45, 7) is 4.44. The fourth-order valence-electron chi connectivity index (χ4n) is 3.62. The van der Waals surface area contributed by atoms with Crippen molar-refractivity contribution in [3.8, 4) is 0 Å². The minimum atomic E-state index is -3.54. The first-order chi connectivity index (χ1) is 12.8. The molecule has 0 bridgehead atoms. The zero-order valence-electron chi connectivity index (χ0n) is 18.8. The number of allylic oxidation sites excluding steroid dienone is 2. The molecule has 162 valence electrons. The number of unbranched alkanes of at least 4 members (excludes halogenated alkanes) is 11. The number of nitrogens with zero attached hydrogens (tertiary/aromatic N) is 1. The van der Waals surface area contributed by atoms with Crippen molar-refractivity contribution in [2.75, 3.05) is 27.7 Å². The molecule has 4 nitrogen and oxygen atoms in total. The minimum absolute atomic E-state index is 0.347. The second-order valence-electron chi connectivity index (χ2n) is 8.65. The molecule has 0 aromatic carbocycles. The van der Waals surface area contributed by atoms with Crippen molar-refractivity contribution in [1.82, 2.24) is 0 Å². The second-order valence-corrected chi connectivity index (χ2v) is 10.6. The normalized spacial score (nSPS) is 15.9. The molecule has 0 aliphatic carbocycles. The van der Waals surface area contributed by atoms with Gasteiger partial charge in [0.15, 0.2) is 5.78 Å². The Kier molecular flexibility index (Phi) is 15.6. The van der Waals surface area contributed by atoms with Crippen molar-refractivity contribution in [1.29, 1.82) is 0 Å². The Bertz CT molecular complexity index is 418. The van der Waals surface area contributed by atoms with Crippen molar-refractivity contribution in [2.24, 2.45) is 0 Å². The summed E-state index contributed by atoms with van der Waals surface area (Å²) >= 11 is 0. The third kappa shape index (κ3) is 14.5. The Labute approximate surface area is 169 Å². The molecule has 0 aromatic rings. The summed E-state index contributed by atoms with van der Waals surface area (Å²) in [5, 5.41) is 0. The van der Waals surface area contributed by atoms with E-state index in [4.69, 9.17) is 4.52 Å². The third-order valence-corrected chi connectivity index (χ3v) is 7.53. The van der Waals surface area contributed by atoms with Crippen molar-refractivity contribution in [3.05, 3.63) is 12.2 Å². The first-order valence-electron chi connectivity index (χ1n) is 11.1. The lowest BCUT2D eigenvalue weighted by Crippen LogP contribution is -2.44. The molecule has 27 heavy (non-hydrogen) atoms. The molecular weight excluding hydrogens is 357 g/mol. The van der Waals surface area contributed by atoms with Gasteiger partial charge in [-0.15, -0.1) is 0 Å². The summed E-state index contributed by atoms with van der Waals surface area (Å²) in [6.07, 6.45) is 20.2. The first kappa shape index (κ1) is 26.9. The molecule has 0 amide bonds. The summed E-state index contributed by atoms with van der Waals surface area (Å²) in [7, 11) is 2.30. The van der Waals surface area contributed by atoms with Crippen LogP contribution in [0.5, 0.6) is 0 Å². The average molecular weight is 405 g/mol. The molecule has 0 spiro atoms. The highest BCUT2D eigenvalue weighted by molar-refractivity contribution is 7.53. The van der Waals surface area contributed by atoms with Gasteiger partial charge in [-0.1, -0.05) is 76.9 Å². The molecule has 0 aliphatic rings. The smallest absolute Gasteiger partial charge is 0.320 e. The van der Waals surface area contributed by atoms with Gasteiger partial charge in [0.1, 0.15) is 0 Å². The Morgan fingerprint density at radius 2 is 1.33 bits per heavy atom. The first-order valence-corrected chi connectivity index (χ1v) is 12.8. The standard InChI is InChI=1S/C22H46NO3P/c1-6-8-9-10-11-12-13-14-15-16-17-18-19-20-21-26-27(24,25)22(7-2)23(3,4)5/h6,8,22H,7,9-21H2,1-5H3/p+1. The zero-order valence-corrected chi connectivity index (χ0v) is 19.7. The van der Waals surface area contributed by atoms with Crippen LogP contribution in [0.15, 0.2) is 12.2 Å². The highest BCUT2D eigenvalue weighted by atomic mass is 31.2. The molecule has 0 saturated heterocycles. The third-order valence-electron chi connectivity index (χ3n) is 5.16. The van der Waals surface area contributed by atoms with Gasteiger partial charge in [-0.25, -0.2) is 0 Å². The molecule has 0 rings (SSSR count). The van der Waals surface area contributed by atoms with Crippen LogP contribution in [0.2, 0.25) is 0 Å². The fraction of sp³-hybridized carbons (Fsp3) is 0.909.